The van der Waals surface area contributed by atoms with Crippen LogP contribution in [0.1, 0.15) is 72.6 Å². The van der Waals surface area contributed by atoms with Crippen molar-refractivity contribution in [1.29, 1.82) is 0 Å². The fourth-order valence-corrected chi connectivity index (χ4v) is 9.08. The zero-order chi connectivity index (χ0) is 20.0. The van der Waals surface area contributed by atoms with Gasteiger partial charge in [0.15, 0.2) is 5.78 Å². The summed E-state index contributed by atoms with van der Waals surface area (Å²) in [6.07, 6.45) is 5.19. The van der Waals surface area contributed by atoms with Crippen LogP contribution in [0.15, 0.2) is 0 Å². The average molecular weight is 415 g/mol. The highest BCUT2D eigenvalue weighted by atomic mass is 35.5. The van der Waals surface area contributed by atoms with E-state index in [-0.39, 0.29) is 34.2 Å². The molecule has 4 rings (SSSR count). The molecule has 0 amide bonds. The minimum Gasteiger partial charge on any atom is -0.381 e. The van der Waals surface area contributed by atoms with E-state index in [0.29, 0.717) is 24.7 Å². The van der Waals surface area contributed by atoms with Gasteiger partial charge in [-0.1, -0.05) is 20.8 Å². The lowest BCUT2D eigenvalue weighted by Gasteiger charge is -2.64. The molecule has 3 nitrogen and oxygen atoms in total. The summed E-state index contributed by atoms with van der Waals surface area (Å²) in [5.74, 6) is 1.12. The van der Waals surface area contributed by atoms with Crippen molar-refractivity contribution in [2.75, 3.05) is 0 Å². The topological polar surface area (TPSA) is 54.4 Å². The number of ketones is 2. The summed E-state index contributed by atoms with van der Waals surface area (Å²) in [4.78, 5) is 24.0. The number of carbonyl (C=O) groups excluding carboxylic acids is 2. The number of fused-ring (bicyclic) bond motifs is 5. The van der Waals surface area contributed by atoms with Crippen molar-refractivity contribution in [1.82, 2.24) is 0 Å². The van der Waals surface area contributed by atoms with Crippen LogP contribution >= 0.6 is 23.2 Å². The summed E-state index contributed by atoms with van der Waals surface area (Å²) in [7, 11) is 0. The third kappa shape index (κ3) is 2.26. The summed E-state index contributed by atoms with van der Waals surface area (Å²) in [6, 6.07) is 0. The van der Waals surface area contributed by atoms with Gasteiger partial charge in [-0.25, -0.2) is 0 Å². The molecule has 0 aromatic rings. The molecule has 0 heterocycles. The van der Waals surface area contributed by atoms with Crippen molar-refractivity contribution in [3.8, 4) is 0 Å². The maximum Gasteiger partial charge on any atom is 0.162 e. The molecule has 2 unspecified atom stereocenters. The van der Waals surface area contributed by atoms with Crippen LogP contribution in [0.4, 0.5) is 0 Å². The van der Waals surface area contributed by atoms with Gasteiger partial charge in [0, 0.05) is 18.3 Å². The minimum atomic E-state index is -1.25. The van der Waals surface area contributed by atoms with E-state index >= 15 is 0 Å². The molecule has 4 aliphatic carbocycles. The first-order chi connectivity index (χ1) is 12.4. The Morgan fingerprint density at radius 3 is 2.44 bits per heavy atom. The fraction of sp³-hybridized carbons (Fsp3) is 0.909. The van der Waals surface area contributed by atoms with Gasteiger partial charge in [0.2, 0.25) is 0 Å². The molecule has 0 aromatic heterocycles. The second-order valence-electron chi connectivity index (χ2n) is 10.5. The van der Waals surface area contributed by atoms with Crippen molar-refractivity contribution >= 4 is 34.8 Å². The van der Waals surface area contributed by atoms with Crippen molar-refractivity contribution in [3.63, 3.8) is 0 Å². The van der Waals surface area contributed by atoms with E-state index in [1.165, 1.54) is 0 Å². The maximum atomic E-state index is 12.5. The van der Waals surface area contributed by atoms with Crippen LogP contribution < -0.4 is 0 Å². The van der Waals surface area contributed by atoms with Crippen molar-refractivity contribution in [2.45, 2.75) is 88.5 Å². The second kappa shape index (κ2) is 5.95. The molecule has 5 heteroatoms. The zero-order valence-corrected chi connectivity index (χ0v) is 18.4. The summed E-state index contributed by atoms with van der Waals surface area (Å²) in [5, 5.41) is 11.2. The molecular formula is C22H32Cl2O3. The highest BCUT2D eigenvalue weighted by Gasteiger charge is 2.71. The third-order valence-corrected chi connectivity index (χ3v) is 11.2. The van der Waals surface area contributed by atoms with Crippen molar-refractivity contribution in [2.24, 2.45) is 34.5 Å². The molecule has 1 N–H and O–H groups in total. The van der Waals surface area contributed by atoms with Crippen LogP contribution in [0.3, 0.4) is 0 Å². The van der Waals surface area contributed by atoms with Gasteiger partial charge in [-0.3, -0.25) is 9.59 Å². The van der Waals surface area contributed by atoms with Gasteiger partial charge < -0.3 is 5.11 Å². The molecule has 0 aliphatic heterocycles. The second-order valence-corrected chi connectivity index (χ2v) is 11.7. The van der Waals surface area contributed by atoms with E-state index in [9.17, 15) is 14.7 Å². The standard InChI is InChI=1S/C22H32Cl2O3/c1-12-9-17-15-10-18(23)21(24)11-14(26)5-7-19(21,3)16(15)6-8-20(17,4)22(12,27)13(2)25/h12,15-18,27H,5-11H2,1-4H3/t12-,15-,16+,17+,18?,19-,20+,21?,22+/m1/s1. The quantitative estimate of drug-likeness (QED) is 0.630. The van der Waals surface area contributed by atoms with E-state index in [4.69, 9.17) is 23.2 Å². The van der Waals surface area contributed by atoms with Crippen molar-refractivity contribution in [3.05, 3.63) is 0 Å². The number of rotatable bonds is 1. The molecule has 27 heavy (non-hydrogen) atoms. The Hall–Kier alpha value is -0.120. The zero-order valence-electron chi connectivity index (χ0n) is 16.9. The Labute approximate surface area is 172 Å². The number of aliphatic hydroxyl groups is 1. The highest BCUT2D eigenvalue weighted by molar-refractivity contribution is 6.34. The van der Waals surface area contributed by atoms with E-state index in [1.54, 1.807) is 6.92 Å². The first kappa shape index (κ1) is 20.2. The molecule has 4 aliphatic rings. The van der Waals surface area contributed by atoms with E-state index in [1.807, 2.05) is 6.92 Å². The molecule has 0 bridgehead atoms. The third-order valence-electron chi connectivity index (χ3n) is 9.68. The Bertz CT molecular complexity index is 695. The van der Waals surface area contributed by atoms with Gasteiger partial charge in [0.25, 0.3) is 0 Å². The van der Waals surface area contributed by atoms with Crippen LogP contribution in [0.25, 0.3) is 0 Å². The van der Waals surface area contributed by atoms with Crippen LogP contribution in [0.2, 0.25) is 0 Å². The molecule has 0 saturated heterocycles. The number of carbonyl (C=O) groups is 2. The Balaban J connectivity index is 1.75. The molecular weight excluding hydrogens is 383 g/mol. The molecule has 0 aromatic carbocycles. The van der Waals surface area contributed by atoms with Crippen LogP contribution in [-0.4, -0.2) is 32.5 Å². The molecule has 0 radical (unpaired) electrons. The molecule has 0 spiro atoms. The molecule has 4 saturated carbocycles. The van der Waals surface area contributed by atoms with Gasteiger partial charge >= 0.3 is 0 Å². The predicted octanol–water partition coefficient (Wildman–Crippen LogP) is 4.74. The Morgan fingerprint density at radius 2 is 1.81 bits per heavy atom. The van der Waals surface area contributed by atoms with Gasteiger partial charge in [-0.2, -0.15) is 0 Å². The minimum absolute atomic E-state index is 0.0408. The summed E-state index contributed by atoms with van der Waals surface area (Å²) in [6.45, 7) is 7.93. The summed E-state index contributed by atoms with van der Waals surface area (Å²) in [5.41, 5.74) is -1.81. The summed E-state index contributed by atoms with van der Waals surface area (Å²) >= 11 is 14.0. The fourth-order valence-electron chi connectivity index (χ4n) is 8.07. The molecule has 152 valence electrons. The Morgan fingerprint density at radius 1 is 1.15 bits per heavy atom. The largest absolute Gasteiger partial charge is 0.381 e. The lowest BCUT2D eigenvalue weighted by atomic mass is 9.44. The van der Waals surface area contributed by atoms with E-state index in [2.05, 4.69) is 13.8 Å². The monoisotopic (exact) mass is 414 g/mol. The normalized spacial score (nSPS) is 57.6. The Kier molecular flexibility index (Phi) is 4.45. The van der Waals surface area contributed by atoms with E-state index in [0.717, 1.165) is 32.1 Å². The van der Waals surface area contributed by atoms with Crippen LogP contribution in [-0.2, 0) is 9.59 Å². The number of hydrogen-bond acceptors (Lipinski definition) is 3. The first-order valence-corrected chi connectivity index (χ1v) is 11.3. The SMILES string of the molecule is CC(=O)[C@@]1(O)[C@H](C)C[C@H]2[C@@H]3CC(Cl)C4(Cl)CC(=O)CC[C@]4(C)[C@H]3CC[C@@]21C. The van der Waals surface area contributed by atoms with Gasteiger partial charge in [-0.15, -0.1) is 23.2 Å². The van der Waals surface area contributed by atoms with Gasteiger partial charge in [0.05, 0.1) is 10.3 Å². The van der Waals surface area contributed by atoms with Crippen LogP contribution in [0.5, 0.6) is 0 Å². The molecule has 9 atom stereocenters. The lowest BCUT2D eigenvalue weighted by molar-refractivity contribution is -0.171. The average Bonchev–Trinajstić information content (AvgIpc) is 2.80. The molecule has 4 fully saturated rings. The number of halogens is 2. The van der Waals surface area contributed by atoms with Gasteiger partial charge in [0.1, 0.15) is 11.4 Å². The summed E-state index contributed by atoms with van der Waals surface area (Å²) < 4.78 is 0. The number of hydrogen-bond donors (Lipinski definition) is 1. The van der Waals surface area contributed by atoms with Crippen molar-refractivity contribution < 1.29 is 14.7 Å². The number of alkyl halides is 2. The van der Waals surface area contributed by atoms with Crippen LogP contribution in [0, 0.1) is 34.5 Å². The number of Topliss-reactive ketones (excluding diaryl/α,β-unsaturated/α-hetero) is 2. The smallest absolute Gasteiger partial charge is 0.162 e. The van der Waals surface area contributed by atoms with Gasteiger partial charge in [-0.05, 0) is 68.1 Å². The maximum absolute atomic E-state index is 12.5. The predicted molar refractivity (Wildman–Crippen MR) is 107 cm³/mol. The highest BCUT2D eigenvalue weighted by Crippen LogP contribution is 2.71. The van der Waals surface area contributed by atoms with E-state index < -0.39 is 15.9 Å². The first-order valence-electron chi connectivity index (χ1n) is 10.5. The lowest BCUT2D eigenvalue weighted by Crippen LogP contribution is -2.65.